The molecule has 1 atom stereocenters. The molecule has 6 heteroatoms. The van der Waals surface area contributed by atoms with E-state index in [9.17, 15) is 4.57 Å². The molecule has 0 radical (unpaired) electrons. The summed E-state index contributed by atoms with van der Waals surface area (Å²) in [4.78, 5) is 16.8. The first-order valence-electron chi connectivity index (χ1n) is 2.43. The van der Waals surface area contributed by atoms with Crippen molar-refractivity contribution in [3.8, 4) is 0 Å². The summed E-state index contributed by atoms with van der Waals surface area (Å²) in [6.45, 7) is 0. The lowest BCUT2D eigenvalue weighted by Gasteiger charge is -2.07. The minimum Gasteiger partial charge on any atom is -0.323 e. The molecule has 3 nitrogen and oxygen atoms in total. The Morgan fingerprint density at radius 2 is 2.10 bits per heavy atom. The fourth-order valence-electron chi connectivity index (χ4n) is 0.301. The van der Waals surface area contributed by atoms with Gasteiger partial charge in [-0.25, -0.2) is 0 Å². The van der Waals surface area contributed by atoms with Crippen molar-refractivity contribution in [2.24, 2.45) is 0 Å². The molecule has 0 saturated carbocycles. The Morgan fingerprint density at radius 1 is 1.60 bits per heavy atom. The number of hydrogen-bond acceptors (Lipinski definition) is 1. The van der Waals surface area contributed by atoms with Crippen LogP contribution in [0.5, 0.6) is 0 Å². The zero-order valence-corrected chi connectivity index (χ0v) is 7.35. The topological polar surface area (TPSA) is 57.5 Å². The molecule has 0 rings (SSSR count). The molecule has 1 unspecified atom stereocenters. The van der Waals surface area contributed by atoms with Gasteiger partial charge in [-0.1, -0.05) is 17.7 Å². The quantitative estimate of drug-likeness (QED) is 0.546. The van der Waals surface area contributed by atoms with Crippen molar-refractivity contribution in [3.05, 3.63) is 11.6 Å². The molecule has 0 amide bonds. The molecule has 0 aromatic heterocycles. The van der Waals surface area contributed by atoms with Crippen molar-refractivity contribution in [2.75, 3.05) is 0 Å². The first-order chi connectivity index (χ1) is 4.48. The van der Waals surface area contributed by atoms with Crippen molar-refractivity contribution in [1.29, 1.82) is 0 Å². The fraction of sp³-hybridized carbons (Fsp3) is 0.500. The molecular formula is C4H7Cl2O3P. The van der Waals surface area contributed by atoms with Crippen LogP contribution in [0.15, 0.2) is 11.6 Å². The molecular weight excluding hydrogens is 198 g/mol. The average molecular weight is 205 g/mol. The summed E-state index contributed by atoms with van der Waals surface area (Å²) in [5.74, 6) is 0. The van der Waals surface area contributed by atoms with Crippen molar-refractivity contribution in [2.45, 2.75) is 11.5 Å². The second-order valence-corrected chi connectivity index (χ2v) is 4.51. The van der Waals surface area contributed by atoms with Gasteiger partial charge in [0.25, 0.3) is 0 Å². The van der Waals surface area contributed by atoms with Crippen LogP contribution in [0.25, 0.3) is 0 Å². The van der Waals surface area contributed by atoms with Crippen LogP contribution in [0.4, 0.5) is 0 Å². The molecule has 0 aliphatic carbocycles. The maximum Gasteiger partial charge on any atom is 0.343 e. The Bertz CT molecular complexity index is 164. The van der Waals surface area contributed by atoms with Crippen molar-refractivity contribution in [3.63, 3.8) is 0 Å². The standard InChI is InChI=1S/C4H7Cl2O3P/c5-3-1-2-4(6)10(7,8)9/h1,3-4H,2H2,(H2,7,8,9). The van der Waals surface area contributed by atoms with Crippen LogP contribution < -0.4 is 0 Å². The molecule has 0 aromatic carbocycles. The summed E-state index contributed by atoms with van der Waals surface area (Å²) in [6.07, 6.45) is 1.47. The summed E-state index contributed by atoms with van der Waals surface area (Å²) in [5.41, 5.74) is 1.17. The van der Waals surface area contributed by atoms with E-state index in [1.165, 1.54) is 11.6 Å². The van der Waals surface area contributed by atoms with E-state index >= 15 is 0 Å². The van der Waals surface area contributed by atoms with Gasteiger partial charge in [-0.3, -0.25) is 4.57 Å². The minimum absolute atomic E-state index is 0.0787. The smallest absolute Gasteiger partial charge is 0.323 e. The van der Waals surface area contributed by atoms with Gasteiger partial charge in [-0.05, 0) is 6.42 Å². The van der Waals surface area contributed by atoms with E-state index in [1.807, 2.05) is 0 Å². The molecule has 0 spiro atoms. The Labute approximate surface area is 68.8 Å². The Morgan fingerprint density at radius 3 is 2.40 bits per heavy atom. The van der Waals surface area contributed by atoms with E-state index < -0.39 is 12.7 Å². The summed E-state index contributed by atoms with van der Waals surface area (Å²) in [6, 6.07) is 0. The van der Waals surface area contributed by atoms with E-state index in [-0.39, 0.29) is 6.42 Å². The molecule has 0 saturated heterocycles. The zero-order valence-electron chi connectivity index (χ0n) is 4.94. The van der Waals surface area contributed by atoms with Gasteiger partial charge in [-0.2, -0.15) is 0 Å². The van der Waals surface area contributed by atoms with E-state index in [0.717, 1.165) is 0 Å². The van der Waals surface area contributed by atoms with Crippen molar-refractivity contribution >= 4 is 30.8 Å². The highest BCUT2D eigenvalue weighted by molar-refractivity contribution is 7.54. The molecule has 0 aromatic rings. The number of rotatable bonds is 3. The molecule has 60 valence electrons. The van der Waals surface area contributed by atoms with E-state index in [0.29, 0.717) is 0 Å². The SMILES string of the molecule is O=P(O)(O)C(Cl)CC=CCl. The molecule has 0 bridgehead atoms. The first-order valence-corrected chi connectivity index (χ1v) is 4.98. The Kier molecular flexibility index (Phi) is 4.57. The van der Waals surface area contributed by atoms with E-state index in [4.69, 9.17) is 33.0 Å². The van der Waals surface area contributed by atoms with Gasteiger partial charge in [0, 0.05) is 5.54 Å². The van der Waals surface area contributed by atoms with E-state index in [2.05, 4.69) is 0 Å². The van der Waals surface area contributed by atoms with Crippen LogP contribution in [-0.4, -0.2) is 14.9 Å². The third-order valence-electron chi connectivity index (χ3n) is 0.785. The zero-order chi connectivity index (χ0) is 8.20. The second-order valence-electron chi connectivity index (χ2n) is 1.62. The monoisotopic (exact) mass is 204 g/mol. The van der Waals surface area contributed by atoms with Crippen LogP contribution in [0, 0.1) is 0 Å². The third kappa shape index (κ3) is 4.31. The lowest BCUT2D eigenvalue weighted by Crippen LogP contribution is -1.96. The van der Waals surface area contributed by atoms with Gasteiger partial charge in [0.2, 0.25) is 0 Å². The second kappa shape index (κ2) is 4.37. The van der Waals surface area contributed by atoms with Gasteiger partial charge < -0.3 is 9.79 Å². The van der Waals surface area contributed by atoms with Gasteiger partial charge in [-0.15, -0.1) is 11.6 Å². The largest absolute Gasteiger partial charge is 0.343 e. The fourth-order valence-corrected chi connectivity index (χ4v) is 0.903. The molecule has 0 aliphatic heterocycles. The highest BCUT2D eigenvalue weighted by atomic mass is 35.5. The average Bonchev–Trinajstić information content (AvgIpc) is 1.80. The van der Waals surface area contributed by atoms with Crippen molar-refractivity contribution in [1.82, 2.24) is 0 Å². The summed E-state index contributed by atoms with van der Waals surface area (Å²) < 4.78 is 10.3. The predicted octanol–water partition coefficient (Wildman–Crippen LogP) is 1.87. The highest BCUT2D eigenvalue weighted by Gasteiger charge is 2.24. The molecule has 2 N–H and O–H groups in total. The van der Waals surface area contributed by atoms with Gasteiger partial charge in [0.05, 0.1) is 0 Å². The molecule has 10 heavy (non-hydrogen) atoms. The van der Waals surface area contributed by atoms with Crippen LogP contribution in [0.3, 0.4) is 0 Å². The number of alkyl halides is 1. The normalized spacial score (nSPS) is 16.0. The molecule has 0 aliphatic rings. The lowest BCUT2D eigenvalue weighted by molar-refractivity contribution is 0.369. The number of hydrogen-bond donors (Lipinski definition) is 2. The third-order valence-corrected chi connectivity index (χ3v) is 2.84. The summed E-state index contributed by atoms with van der Waals surface area (Å²) in [5, 5.41) is -1.16. The Hall–Kier alpha value is 0.470. The lowest BCUT2D eigenvalue weighted by atomic mass is 10.5. The van der Waals surface area contributed by atoms with Gasteiger partial charge in [0.15, 0.2) is 0 Å². The maximum atomic E-state index is 10.3. The van der Waals surface area contributed by atoms with Crippen LogP contribution in [0.2, 0.25) is 0 Å². The van der Waals surface area contributed by atoms with Gasteiger partial charge >= 0.3 is 7.60 Å². The minimum atomic E-state index is -4.13. The van der Waals surface area contributed by atoms with Crippen LogP contribution in [0.1, 0.15) is 6.42 Å². The van der Waals surface area contributed by atoms with Gasteiger partial charge in [0.1, 0.15) is 5.12 Å². The van der Waals surface area contributed by atoms with Crippen LogP contribution >= 0.6 is 30.8 Å². The molecule has 0 fully saturated rings. The first kappa shape index (κ1) is 10.5. The number of allylic oxidation sites excluding steroid dienone is 1. The summed E-state index contributed by atoms with van der Waals surface area (Å²) in [7, 11) is -4.13. The highest BCUT2D eigenvalue weighted by Crippen LogP contribution is 2.45. The van der Waals surface area contributed by atoms with E-state index in [1.54, 1.807) is 0 Å². The molecule has 0 heterocycles. The van der Waals surface area contributed by atoms with Crippen LogP contribution in [-0.2, 0) is 4.57 Å². The van der Waals surface area contributed by atoms with Crippen molar-refractivity contribution < 1.29 is 14.4 Å². The Balaban J connectivity index is 3.86. The summed E-state index contributed by atoms with van der Waals surface area (Å²) >= 11 is 10.4. The predicted molar refractivity (Wildman–Crippen MR) is 41.3 cm³/mol. The number of halogens is 2. The maximum absolute atomic E-state index is 10.3.